The smallest absolute Gasteiger partial charge is 0.329 e. The Labute approximate surface area is 168 Å². The zero-order chi connectivity index (χ0) is 19.9. The molecule has 0 aliphatic carbocycles. The molecule has 1 saturated heterocycles. The Morgan fingerprint density at radius 2 is 1.52 bits per heavy atom. The molecule has 0 aromatic rings. The van der Waals surface area contributed by atoms with E-state index in [2.05, 4.69) is 18.8 Å². The van der Waals surface area contributed by atoms with E-state index in [1.54, 1.807) is 4.90 Å². The molecule has 0 unspecified atom stereocenters. The van der Waals surface area contributed by atoms with Crippen molar-refractivity contribution in [2.45, 2.75) is 90.9 Å². The molecule has 5 nitrogen and oxygen atoms in total. The number of aliphatic imine (C=N–C) groups is 1. The Balaban J connectivity index is 2.52. The summed E-state index contributed by atoms with van der Waals surface area (Å²) in [6, 6.07) is 0. The molecule has 154 valence electrons. The second-order valence-corrected chi connectivity index (χ2v) is 8.11. The summed E-state index contributed by atoms with van der Waals surface area (Å²) >= 11 is 1.21. The number of hydrogen-bond acceptors (Lipinski definition) is 4. The molecule has 0 atom stereocenters. The molecule has 1 heterocycles. The lowest BCUT2D eigenvalue weighted by molar-refractivity contribution is -0.132. The highest BCUT2D eigenvalue weighted by atomic mass is 32.2. The maximum Gasteiger partial charge on any atom is 0.329 e. The molecule has 0 bridgehead atoms. The second kappa shape index (κ2) is 14.7. The van der Waals surface area contributed by atoms with E-state index < -0.39 is 5.97 Å². The molecule has 0 spiro atoms. The highest BCUT2D eigenvalue weighted by molar-refractivity contribution is 8.18. The Bertz CT molecular complexity index is 518. The fraction of sp³-hybridized carbons (Fsp3) is 0.762. The van der Waals surface area contributed by atoms with Gasteiger partial charge in [-0.25, -0.2) is 4.79 Å². The van der Waals surface area contributed by atoms with E-state index in [0.717, 1.165) is 31.8 Å². The largest absolute Gasteiger partial charge is 0.478 e. The monoisotopic (exact) mass is 396 g/mol. The minimum Gasteiger partial charge on any atom is -0.478 e. The molecule has 0 aromatic heterocycles. The highest BCUT2D eigenvalue weighted by Crippen LogP contribution is 2.31. The number of amides is 1. The number of carboxylic acids is 1. The number of nitrogens with zero attached hydrogens (tertiary/aromatic N) is 2. The van der Waals surface area contributed by atoms with Gasteiger partial charge in [0, 0.05) is 19.2 Å². The summed E-state index contributed by atoms with van der Waals surface area (Å²) in [5.74, 6) is -1.29. The van der Waals surface area contributed by atoms with Crippen LogP contribution in [0.25, 0.3) is 0 Å². The molecule has 0 radical (unpaired) electrons. The lowest BCUT2D eigenvalue weighted by Gasteiger charge is -2.15. The normalized spacial score (nSPS) is 17.4. The number of carbonyl (C=O) groups excluding carboxylic acids is 1. The minimum atomic E-state index is -1.08. The molecule has 6 heteroatoms. The lowest BCUT2D eigenvalue weighted by Crippen LogP contribution is -2.30. The third-order valence-corrected chi connectivity index (χ3v) is 5.68. The number of thioether (sulfide) groups is 1. The third kappa shape index (κ3) is 9.99. The van der Waals surface area contributed by atoms with Crippen LogP contribution in [-0.2, 0) is 9.59 Å². The first-order chi connectivity index (χ1) is 13.1. The predicted octanol–water partition coefficient (Wildman–Crippen LogP) is 5.61. The summed E-state index contributed by atoms with van der Waals surface area (Å²) in [5, 5.41) is 9.65. The summed E-state index contributed by atoms with van der Waals surface area (Å²) < 4.78 is 0. The van der Waals surface area contributed by atoms with Gasteiger partial charge in [-0.1, -0.05) is 78.1 Å². The van der Waals surface area contributed by atoms with Gasteiger partial charge in [0.1, 0.15) is 0 Å². The van der Waals surface area contributed by atoms with Gasteiger partial charge in [-0.3, -0.25) is 14.7 Å². The quantitative estimate of drug-likeness (QED) is 0.289. The molecule has 0 saturated carbocycles. The maximum absolute atomic E-state index is 12.5. The molecule has 0 aromatic carbocycles. The number of carbonyl (C=O) groups is 2. The number of aliphatic carboxylic acids is 1. The number of rotatable bonds is 15. The Morgan fingerprint density at radius 1 is 0.963 bits per heavy atom. The fourth-order valence-electron chi connectivity index (χ4n) is 3.05. The van der Waals surface area contributed by atoms with Crippen molar-refractivity contribution in [1.29, 1.82) is 0 Å². The number of unbranched alkanes of at least 4 members (excludes halogenated alkanes) is 10. The van der Waals surface area contributed by atoms with E-state index in [0.29, 0.717) is 18.3 Å². The van der Waals surface area contributed by atoms with Crippen LogP contribution in [0.1, 0.15) is 90.9 Å². The molecular weight excluding hydrogens is 360 g/mol. The van der Waals surface area contributed by atoms with Crippen LogP contribution < -0.4 is 0 Å². The zero-order valence-electron chi connectivity index (χ0n) is 17.0. The van der Waals surface area contributed by atoms with Gasteiger partial charge in [-0.05, 0) is 24.6 Å². The van der Waals surface area contributed by atoms with E-state index >= 15 is 0 Å². The van der Waals surface area contributed by atoms with Crippen LogP contribution in [0.4, 0.5) is 0 Å². The Morgan fingerprint density at radius 3 is 2.11 bits per heavy atom. The van der Waals surface area contributed by atoms with Gasteiger partial charge in [0.05, 0.1) is 4.91 Å². The molecule has 1 N–H and O–H groups in total. The van der Waals surface area contributed by atoms with E-state index in [1.807, 2.05) is 0 Å². The van der Waals surface area contributed by atoms with E-state index in [-0.39, 0.29) is 10.8 Å². The standard InChI is InChI=1S/C21H36N2O3S/c1-3-5-7-9-11-13-15-22-21-23(16-14-12-10-8-6-4-2)20(26)18(27-21)17-19(24)25/h17H,3-16H2,1-2H3,(H,24,25). The van der Waals surface area contributed by atoms with Crippen LogP contribution in [-0.4, -0.2) is 40.1 Å². The van der Waals surface area contributed by atoms with Crippen LogP contribution >= 0.6 is 11.8 Å². The van der Waals surface area contributed by atoms with Crippen LogP contribution in [0.3, 0.4) is 0 Å². The van der Waals surface area contributed by atoms with Crippen molar-refractivity contribution in [3.8, 4) is 0 Å². The van der Waals surface area contributed by atoms with Gasteiger partial charge in [-0.15, -0.1) is 0 Å². The van der Waals surface area contributed by atoms with Crippen molar-refractivity contribution in [3.63, 3.8) is 0 Å². The Kier molecular flexibility index (Phi) is 12.9. The summed E-state index contributed by atoms with van der Waals surface area (Å²) in [7, 11) is 0. The first-order valence-electron chi connectivity index (χ1n) is 10.6. The van der Waals surface area contributed by atoms with Crippen molar-refractivity contribution < 1.29 is 14.7 Å². The highest BCUT2D eigenvalue weighted by Gasteiger charge is 2.33. The van der Waals surface area contributed by atoms with Gasteiger partial charge in [0.25, 0.3) is 5.91 Å². The minimum absolute atomic E-state index is 0.211. The molecule has 1 amide bonds. The van der Waals surface area contributed by atoms with Gasteiger partial charge in [0.15, 0.2) is 5.17 Å². The number of carboxylic acid groups (broad SMARTS) is 1. The van der Waals surface area contributed by atoms with Crippen molar-refractivity contribution in [1.82, 2.24) is 4.90 Å². The topological polar surface area (TPSA) is 70.0 Å². The van der Waals surface area contributed by atoms with Gasteiger partial charge < -0.3 is 5.11 Å². The van der Waals surface area contributed by atoms with Crippen LogP contribution in [0.5, 0.6) is 0 Å². The predicted molar refractivity (Wildman–Crippen MR) is 114 cm³/mol. The second-order valence-electron chi connectivity index (χ2n) is 7.11. The summed E-state index contributed by atoms with van der Waals surface area (Å²) in [4.78, 5) is 30.0. The average molecular weight is 397 g/mol. The molecule has 1 fully saturated rings. The molecular formula is C21H36N2O3S. The Hall–Kier alpha value is -1.30. The molecule has 27 heavy (non-hydrogen) atoms. The zero-order valence-corrected chi connectivity index (χ0v) is 17.9. The number of hydrogen-bond donors (Lipinski definition) is 1. The van der Waals surface area contributed by atoms with Crippen LogP contribution in [0, 0.1) is 0 Å². The van der Waals surface area contributed by atoms with Crippen molar-refractivity contribution in [2.75, 3.05) is 13.1 Å². The van der Waals surface area contributed by atoms with E-state index in [9.17, 15) is 9.59 Å². The summed E-state index contributed by atoms with van der Waals surface area (Å²) in [6.45, 7) is 5.74. The van der Waals surface area contributed by atoms with Crippen molar-refractivity contribution in [2.24, 2.45) is 4.99 Å². The van der Waals surface area contributed by atoms with Crippen molar-refractivity contribution >= 4 is 28.8 Å². The maximum atomic E-state index is 12.5. The first-order valence-corrected chi connectivity index (χ1v) is 11.4. The first kappa shape index (κ1) is 23.7. The fourth-order valence-corrected chi connectivity index (χ4v) is 4.05. The SMILES string of the molecule is CCCCCCCCN=C1SC(=CC(=O)O)C(=O)N1CCCCCCCC. The third-order valence-electron chi connectivity index (χ3n) is 4.64. The van der Waals surface area contributed by atoms with E-state index in [4.69, 9.17) is 5.11 Å². The van der Waals surface area contributed by atoms with E-state index in [1.165, 1.54) is 63.1 Å². The molecule has 1 aliphatic heterocycles. The lowest BCUT2D eigenvalue weighted by atomic mass is 10.1. The van der Waals surface area contributed by atoms with Crippen LogP contribution in [0.2, 0.25) is 0 Å². The summed E-state index contributed by atoms with van der Waals surface area (Å²) in [6.07, 6.45) is 15.2. The van der Waals surface area contributed by atoms with Gasteiger partial charge >= 0.3 is 5.97 Å². The van der Waals surface area contributed by atoms with Crippen LogP contribution in [0.15, 0.2) is 16.0 Å². The average Bonchev–Trinajstić information content (AvgIpc) is 2.92. The number of amidine groups is 1. The molecule has 1 aliphatic rings. The molecule has 1 rings (SSSR count). The van der Waals surface area contributed by atoms with Gasteiger partial charge in [0.2, 0.25) is 0 Å². The summed E-state index contributed by atoms with van der Waals surface area (Å²) in [5.41, 5.74) is 0. The van der Waals surface area contributed by atoms with Gasteiger partial charge in [-0.2, -0.15) is 0 Å². The van der Waals surface area contributed by atoms with Crippen molar-refractivity contribution in [3.05, 3.63) is 11.0 Å².